The van der Waals surface area contributed by atoms with Gasteiger partial charge in [0, 0.05) is 16.3 Å². The number of aromatic nitrogens is 1. The van der Waals surface area contributed by atoms with Gasteiger partial charge in [0.2, 0.25) is 5.89 Å². The number of fused-ring (bicyclic) bond motifs is 1. The number of carbonyl (C=O) groups is 1. The Kier molecular flexibility index (Phi) is 5.00. The molecule has 1 N–H and O–H groups in total. The molecule has 0 unspecified atom stereocenters. The second-order valence-electron chi connectivity index (χ2n) is 6.36. The lowest BCUT2D eigenvalue weighted by molar-refractivity contribution is -0.118. The molecule has 0 bridgehead atoms. The minimum absolute atomic E-state index is 0.104. The van der Waals surface area contributed by atoms with E-state index in [9.17, 15) is 4.79 Å². The first-order valence-electron chi connectivity index (χ1n) is 8.73. The van der Waals surface area contributed by atoms with Gasteiger partial charge in [0.15, 0.2) is 12.2 Å². The molecule has 5 nitrogen and oxygen atoms in total. The molecular formula is C22H17ClN2O3. The maximum Gasteiger partial charge on any atom is 0.262 e. The highest BCUT2D eigenvalue weighted by Gasteiger charge is 2.10. The van der Waals surface area contributed by atoms with E-state index in [0.717, 1.165) is 11.1 Å². The van der Waals surface area contributed by atoms with Crippen molar-refractivity contribution in [3.8, 4) is 17.2 Å². The highest BCUT2D eigenvalue weighted by Crippen LogP contribution is 2.26. The maximum absolute atomic E-state index is 12.1. The first kappa shape index (κ1) is 18.1. The molecule has 0 aliphatic heterocycles. The van der Waals surface area contributed by atoms with Gasteiger partial charge in [-0.1, -0.05) is 29.3 Å². The van der Waals surface area contributed by atoms with E-state index in [1.807, 2.05) is 31.2 Å². The number of hydrogen-bond acceptors (Lipinski definition) is 4. The summed E-state index contributed by atoms with van der Waals surface area (Å²) in [5, 5.41) is 3.42. The molecule has 6 heteroatoms. The van der Waals surface area contributed by atoms with Gasteiger partial charge in [-0.05, 0) is 61.5 Å². The van der Waals surface area contributed by atoms with Gasteiger partial charge in [0.25, 0.3) is 5.91 Å². The van der Waals surface area contributed by atoms with Crippen molar-refractivity contribution in [1.29, 1.82) is 0 Å². The van der Waals surface area contributed by atoms with Crippen molar-refractivity contribution in [2.45, 2.75) is 6.92 Å². The quantitative estimate of drug-likeness (QED) is 0.488. The number of nitrogens with one attached hydrogen (secondary N) is 1. The molecular weight excluding hydrogens is 376 g/mol. The van der Waals surface area contributed by atoms with Gasteiger partial charge in [-0.2, -0.15) is 0 Å². The van der Waals surface area contributed by atoms with Crippen molar-refractivity contribution in [1.82, 2.24) is 4.98 Å². The molecule has 1 heterocycles. The normalized spacial score (nSPS) is 10.8. The lowest BCUT2D eigenvalue weighted by Gasteiger charge is -2.07. The average Bonchev–Trinajstić information content (AvgIpc) is 3.11. The van der Waals surface area contributed by atoms with E-state index < -0.39 is 0 Å². The van der Waals surface area contributed by atoms with E-state index in [1.54, 1.807) is 42.5 Å². The molecule has 0 saturated heterocycles. The predicted octanol–water partition coefficient (Wildman–Crippen LogP) is 5.47. The summed E-state index contributed by atoms with van der Waals surface area (Å²) in [6, 6.07) is 20.1. The van der Waals surface area contributed by atoms with E-state index in [0.29, 0.717) is 33.4 Å². The summed E-state index contributed by atoms with van der Waals surface area (Å²) < 4.78 is 11.3. The van der Waals surface area contributed by atoms with Crippen molar-refractivity contribution >= 4 is 34.3 Å². The van der Waals surface area contributed by atoms with E-state index in [4.69, 9.17) is 20.8 Å². The summed E-state index contributed by atoms with van der Waals surface area (Å²) in [6.45, 7) is 1.92. The Balaban J connectivity index is 1.45. The first-order chi connectivity index (χ1) is 13.6. The lowest BCUT2D eigenvalue weighted by Crippen LogP contribution is -2.20. The Morgan fingerprint density at radius 1 is 1.11 bits per heavy atom. The third-order valence-electron chi connectivity index (χ3n) is 4.12. The molecule has 0 aliphatic carbocycles. The number of aryl methyl sites for hydroxylation is 1. The van der Waals surface area contributed by atoms with Crippen LogP contribution in [-0.2, 0) is 4.79 Å². The Morgan fingerprint density at radius 3 is 2.71 bits per heavy atom. The predicted molar refractivity (Wildman–Crippen MR) is 110 cm³/mol. The Hall–Kier alpha value is -3.31. The van der Waals surface area contributed by atoms with E-state index in [1.165, 1.54) is 0 Å². The summed E-state index contributed by atoms with van der Waals surface area (Å²) in [5.74, 6) is 0.860. The molecule has 0 aliphatic rings. The zero-order valence-electron chi connectivity index (χ0n) is 15.1. The molecule has 0 atom stereocenters. The van der Waals surface area contributed by atoms with Gasteiger partial charge < -0.3 is 14.5 Å². The maximum atomic E-state index is 12.1. The molecule has 3 aromatic carbocycles. The number of hydrogen-bond donors (Lipinski definition) is 1. The molecule has 1 aromatic heterocycles. The molecule has 140 valence electrons. The number of benzene rings is 3. The van der Waals surface area contributed by atoms with Gasteiger partial charge in [-0.15, -0.1) is 0 Å². The fraction of sp³-hybridized carbons (Fsp3) is 0.0909. The molecule has 0 fully saturated rings. The lowest BCUT2D eigenvalue weighted by atomic mass is 10.1. The zero-order chi connectivity index (χ0) is 19.5. The standard InChI is InChI=1S/C22H17ClN2O3/c1-14-3-2-4-15(11-14)22-25-19-12-17(7-10-20(19)28-22)24-21(26)13-27-18-8-5-16(23)6-9-18/h2-12H,13H2,1H3,(H,24,26). The Morgan fingerprint density at radius 2 is 1.93 bits per heavy atom. The largest absolute Gasteiger partial charge is 0.484 e. The summed E-state index contributed by atoms with van der Waals surface area (Å²) in [5.41, 5.74) is 4.01. The topological polar surface area (TPSA) is 64.4 Å². The number of nitrogens with zero attached hydrogens (tertiary/aromatic N) is 1. The minimum Gasteiger partial charge on any atom is -0.484 e. The van der Waals surface area contributed by atoms with Crippen LogP contribution in [0.25, 0.3) is 22.6 Å². The first-order valence-corrected chi connectivity index (χ1v) is 9.10. The van der Waals surface area contributed by atoms with Crippen LogP contribution in [0.1, 0.15) is 5.56 Å². The van der Waals surface area contributed by atoms with Crippen LogP contribution in [-0.4, -0.2) is 17.5 Å². The summed E-state index contributed by atoms with van der Waals surface area (Å²) in [4.78, 5) is 16.7. The second-order valence-corrected chi connectivity index (χ2v) is 6.80. The molecule has 4 rings (SSSR count). The summed E-state index contributed by atoms with van der Waals surface area (Å²) >= 11 is 5.83. The number of halogens is 1. The number of anilines is 1. The van der Waals surface area contributed by atoms with Crippen molar-refractivity contribution in [3.63, 3.8) is 0 Å². The van der Waals surface area contributed by atoms with Crippen molar-refractivity contribution in [2.24, 2.45) is 0 Å². The zero-order valence-corrected chi connectivity index (χ0v) is 15.9. The smallest absolute Gasteiger partial charge is 0.262 e. The van der Waals surface area contributed by atoms with Crippen LogP contribution >= 0.6 is 11.6 Å². The summed E-state index contributed by atoms with van der Waals surface area (Å²) in [7, 11) is 0. The van der Waals surface area contributed by atoms with Gasteiger partial charge >= 0.3 is 0 Å². The molecule has 28 heavy (non-hydrogen) atoms. The minimum atomic E-state index is -0.267. The molecule has 0 spiro atoms. The number of rotatable bonds is 5. The second kappa shape index (κ2) is 7.74. The van der Waals surface area contributed by atoms with Crippen LogP contribution in [0, 0.1) is 6.92 Å². The SMILES string of the molecule is Cc1cccc(-c2nc3cc(NC(=O)COc4ccc(Cl)cc4)ccc3o2)c1. The van der Waals surface area contributed by atoms with Crippen LogP contribution in [0.3, 0.4) is 0 Å². The number of oxazole rings is 1. The van der Waals surface area contributed by atoms with Gasteiger partial charge in [0.1, 0.15) is 11.3 Å². The fourth-order valence-corrected chi connectivity index (χ4v) is 2.91. The highest BCUT2D eigenvalue weighted by molar-refractivity contribution is 6.30. The van der Waals surface area contributed by atoms with Crippen LogP contribution < -0.4 is 10.1 Å². The number of amides is 1. The third-order valence-corrected chi connectivity index (χ3v) is 4.37. The number of ether oxygens (including phenoxy) is 1. The molecule has 1 amide bonds. The Bertz CT molecular complexity index is 1140. The summed E-state index contributed by atoms with van der Waals surface area (Å²) in [6.07, 6.45) is 0. The van der Waals surface area contributed by atoms with Gasteiger partial charge in [-0.3, -0.25) is 4.79 Å². The van der Waals surface area contributed by atoms with Crippen LogP contribution in [0.2, 0.25) is 5.02 Å². The van der Waals surface area contributed by atoms with Crippen molar-refractivity contribution < 1.29 is 13.9 Å². The molecule has 4 aromatic rings. The number of carbonyl (C=O) groups excluding carboxylic acids is 1. The van der Waals surface area contributed by atoms with Crippen LogP contribution in [0.4, 0.5) is 5.69 Å². The molecule has 0 radical (unpaired) electrons. The Labute approximate surface area is 166 Å². The van der Waals surface area contributed by atoms with E-state index in [2.05, 4.69) is 10.3 Å². The van der Waals surface area contributed by atoms with E-state index in [-0.39, 0.29) is 12.5 Å². The fourth-order valence-electron chi connectivity index (χ4n) is 2.78. The average molecular weight is 393 g/mol. The van der Waals surface area contributed by atoms with Crippen LogP contribution in [0.5, 0.6) is 5.75 Å². The highest BCUT2D eigenvalue weighted by atomic mass is 35.5. The molecule has 0 saturated carbocycles. The van der Waals surface area contributed by atoms with Crippen LogP contribution in [0.15, 0.2) is 71.1 Å². The van der Waals surface area contributed by atoms with Gasteiger partial charge in [-0.25, -0.2) is 4.98 Å². The van der Waals surface area contributed by atoms with Crippen molar-refractivity contribution in [3.05, 3.63) is 77.3 Å². The van der Waals surface area contributed by atoms with Gasteiger partial charge in [0.05, 0.1) is 0 Å². The monoisotopic (exact) mass is 392 g/mol. The van der Waals surface area contributed by atoms with E-state index >= 15 is 0 Å². The third kappa shape index (κ3) is 4.15. The van der Waals surface area contributed by atoms with Crippen molar-refractivity contribution in [2.75, 3.05) is 11.9 Å².